The van der Waals surface area contributed by atoms with Gasteiger partial charge in [0.2, 0.25) is 0 Å². The van der Waals surface area contributed by atoms with Gasteiger partial charge in [-0.1, -0.05) is 42.5 Å². The summed E-state index contributed by atoms with van der Waals surface area (Å²) in [5, 5.41) is 2.35. The van der Waals surface area contributed by atoms with Gasteiger partial charge in [-0.05, 0) is 16.3 Å². The van der Waals surface area contributed by atoms with Gasteiger partial charge in [0.25, 0.3) is 0 Å². The molecule has 0 saturated heterocycles. The van der Waals surface area contributed by atoms with Gasteiger partial charge in [-0.3, -0.25) is 0 Å². The zero-order valence-electron chi connectivity index (χ0n) is 12.5. The van der Waals surface area contributed by atoms with Gasteiger partial charge in [-0.15, -0.1) is 0 Å². The number of fused-ring (bicyclic) bond motifs is 1. The molecule has 1 heterocycles. The molecule has 0 unspecified atom stereocenters. The molecule has 5 nitrogen and oxygen atoms in total. The lowest BCUT2D eigenvalue weighted by molar-refractivity contribution is 0.510. The van der Waals surface area contributed by atoms with Crippen LogP contribution in [0.3, 0.4) is 0 Å². The normalized spacial score (nSPS) is 12.1. The topological polar surface area (TPSA) is 55.2 Å². The van der Waals surface area contributed by atoms with Crippen molar-refractivity contribution < 1.29 is 8.42 Å². The number of rotatable bonds is 4. The van der Waals surface area contributed by atoms with E-state index in [4.69, 9.17) is 0 Å². The number of imidazole rings is 1. The summed E-state index contributed by atoms with van der Waals surface area (Å²) in [6.07, 6.45) is 3.50. The number of nitrogens with zero attached hydrogens (tertiary/aromatic N) is 3. The lowest BCUT2D eigenvalue weighted by Crippen LogP contribution is -2.27. The Hall–Kier alpha value is -2.18. The maximum Gasteiger partial charge on any atom is 0.308 e. The van der Waals surface area contributed by atoms with Crippen molar-refractivity contribution in [3.8, 4) is 0 Å². The summed E-state index contributed by atoms with van der Waals surface area (Å²) in [5.74, 6) is 0. The fourth-order valence-electron chi connectivity index (χ4n) is 2.31. The van der Waals surface area contributed by atoms with Crippen LogP contribution >= 0.6 is 0 Å². The largest absolute Gasteiger partial charge is 0.308 e. The molecule has 3 rings (SSSR count). The van der Waals surface area contributed by atoms with Crippen LogP contribution in [0.1, 0.15) is 11.3 Å². The molecule has 0 aliphatic rings. The van der Waals surface area contributed by atoms with Crippen molar-refractivity contribution in [2.45, 2.75) is 6.42 Å². The Kier molecular flexibility index (Phi) is 3.72. The Morgan fingerprint density at radius 1 is 1.09 bits per heavy atom. The van der Waals surface area contributed by atoms with E-state index in [0.717, 1.165) is 19.5 Å². The molecule has 0 N–H and O–H groups in total. The van der Waals surface area contributed by atoms with Gasteiger partial charge in [0.1, 0.15) is 6.33 Å². The minimum atomic E-state index is -3.50. The highest BCUT2D eigenvalue weighted by molar-refractivity contribution is 7.87. The second kappa shape index (κ2) is 5.55. The Balaban J connectivity index is 1.88. The third-order valence-corrected chi connectivity index (χ3v) is 5.20. The van der Waals surface area contributed by atoms with E-state index in [1.54, 1.807) is 6.20 Å². The quantitative estimate of drug-likeness (QED) is 0.742. The van der Waals surface area contributed by atoms with E-state index in [0.29, 0.717) is 6.42 Å². The van der Waals surface area contributed by atoms with E-state index in [-0.39, 0.29) is 0 Å². The van der Waals surface area contributed by atoms with Gasteiger partial charge in [-0.25, -0.2) is 8.96 Å². The SMILES string of the molecule is CN(C)S(=O)(=O)n1cnc(Cc2ccc3ccccc3c2)c1. The first-order chi connectivity index (χ1) is 10.5. The molecule has 0 radical (unpaired) electrons. The highest BCUT2D eigenvalue weighted by atomic mass is 32.2. The van der Waals surface area contributed by atoms with Crippen LogP contribution in [0, 0.1) is 0 Å². The summed E-state index contributed by atoms with van der Waals surface area (Å²) in [6.45, 7) is 0. The third-order valence-electron chi connectivity index (χ3n) is 3.54. The molecule has 0 amide bonds. The Bertz CT molecular complexity index is 914. The molecule has 0 aliphatic carbocycles. The van der Waals surface area contributed by atoms with Gasteiger partial charge in [0, 0.05) is 26.7 Å². The Morgan fingerprint density at radius 3 is 2.55 bits per heavy atom. The average Bonchev–Trinajstić information content (AvgIpc) is 2.96. The van der Waals surface area contributed by atoms with E-state index in [2.05, 4.69) is 29.2 Å². The van der Waals surface area contributed by atoms with Crippen LogP contribution in [0.5, 0.6) is 0 Å². The number of aromatic nitrogens is 2. The van der Waals surface area contributed by atoms with E-state index < -0.39 is 10.2 Å². The van der Waals surface area contributed by atoms with Gasteiger partial charge < -0.3 is 0 Å². The molecule has 1 aromatic heterocycles. The summed E-state index contributed by atoms with van der Waals surface area (Å²) in [4.78, 5) is 4.20. The molecule has 6 heteroatoms. The molecule has 22 heavy (non-hydrogen) atoms. The minimum Gasteiger partial charge on any atom is -0.240 e. The zero-order chi connectivity index (χ0) is 15.7. The molecule has 114 valence electrons. The van der Waals surface area contributed by atoms with Gasteiger partial charge in [-0.2, -0.15) is 12.7 Å². The lowest BCUT2D eigenvalue weighted by Gasteiger charge is -2.10. The first kappa shape index (κ1) is 14.7. The van der Waals surface area contributed by atoms with Crippen molar-refractivity contribution in [3.05, 3.63) is 66.2 Å². The zero-order valence-corrected chi connectivity index (χ0v) is 13.3. The van der Waals surface area contributed by atoms with Crippen molar-refractivity contribution in [3.63, 3.8) is 0 Å². The molecule has 2 aromatic carbocycles. The predicted octanol–water partition coefficient (Wildman–Crippen LogP) is 2.28. The second-order valence-corrected chi connectivity index (χ2v) is 7.39. The number of hydrogen-bond acceptors (Lipinski definition) is 3. The van der Waals surface area contributed by atoms with Crippen LogP contribution in [0.2, 0.25) is 0 Å². The van der Waals surface area contributed by atoms with Crippen molar-refractivity contribution >= 4 is 21.0 Å². The number of hydrogen-bond donors (Lipinski definition) is 0. The molecule has 0 bridgehead atoms. The second-order valence-electron chi connectivity index (χ2n) is 5.34. The maximum atomic E-state index is 12.0. The fourth-order valence-corrected chi connectivity index (χ4v) is 3.11. The third kappa shape index (κ3) is 2.75. The summed E-state index contributed by atoms with van der Waals surface area (Å²) in [7, 11) is -0.499. The minimum absolute atomic E-state index is 0.598. The smallest absolute Gasteiger partial charge is 0.240 e. The molecule has 3 aromatic rings. The van der Waals surface area contributed by atoms with Crippen LogP contribution in [-0.4, -0.2) is 35.8 Å². The summed E-state index contributed by atoms with van der Waals surface area (Å²) in [5.41, 5.74) is 1.83. The van der Waals surface area contributed by atoms with E-state index >= 15 is 0 Å². The molecular weight excluding hydrogens is 298 g/mol. The van der Waals surface area contributed by atoms with Crippen molar-refractivity contribution in [1.82, 2.24) is 13.3 Å². The van der Waals surface area contributed by atoms with Gasteiger partial charge in [0.05, 0.1) is 5.69 Å². The predicted molar refractivity (Wildman–Crippen MR) is 87.0 cm³/mol. The Labute approximate surface area is 130 Å². The summed E-state index contributed by atoms with van der Waals surface area (Å²) < 4.78 is 26.3. The Morgan fingerprint density at radius 2 is 1.82 bits per heavy atom. The monoisotopic (exact) mass is 315 g/mol. The summed E-state index contributed by atoms with van der Waals surface area (Å²) >= 11 is 0. The molecule has 0 atom stereocenters. The van der Waals surface area contributed by atoms with Crippen LogP contribution in [-0.2, 0) is 16.6 Å². The first-order valence-corrected chi connectivity index (χ1v) is 8.30. The first-order valence-electron chi connectivity index (χ1n) is 6.90. The average molecular weight is 315 g/mol. The van der Waals surface area contributed by atoms with E-state index in [1.807, 2.05) is 18.2 Å². The van der Waals surface area contributed by atoms with Crippen LogP contribution < -0.4 is 0 Å². The van der Waals surface area contributed by atoms with E-state index in [1.165, 1.54) is 31.2 Å². The van der Waals surface area contributed by atoms with E-state index in [9.17, 15) is 8.42 Å². The molecule has 0 fully saturated rings. The highest BCUT2D eigenvalue weighted by Gasteiger charge is 2.16. The van der Waals surface area contributed by atoms with Gasteiger partial charge >= 0.3 is 10.2 Å². The molecular formula is C16H17N3O2S. The van der Waals surface area contributed by atoms with Gasteiger partial charge in [0.15, 0.2) is 0 Å². The lowest BCUT2D eigenvalue weighted by atomic mass is 10.0. The summed E-state index contributed by atoms with van der Waals surface area (Å²) in [6, 6.07) is 14.4. The molecule has 0 saturated carbocycles. The fraction of sp³-hybridized carbons (Fsp3) is 0.188. The highest BCUT2D eigenvalue weighted by Crippen LogP contribution is 2.17. The number of benzene rings is 2. The van der Waals surface area contributed by atoms with Crippen molar-refractivity contribution in [1.29, 1.82) is 0 Å². The molecule has 0 spiro atoms. The molecule has 0 aliphatic heterocycles. The van der Waals surface area contributed by atoms with Crippen LogP contribution in [0.4, 0.5) is 0 Å². The standard InChI is InChI=1S/C16H17N3O2S/c1-18(2)22(20,21)19-11-16(17-12-19)10-13-7-8-14-5-3-4-6-15(14)9-13/h3-9,11-12H,10H2,1-2H3. The maximum absolute atomic E-state index is 12.0. The van der Waals surface area contributed by atoms with Crippen LogP contribution in [0.25, 0.3) is 10.8 Å². The van der Waals surface area contributed by atoms with Crippen molar-refractivity contribution in [2.75, 3.05) is 14.1 Å². The van der Waals surface area contributed by atoms with Crippen LogP contribution in [0.15, 0.2) is 55.0 Å². The van der Waals surface area contributed by atoms with Crippen molar-refractivity contribution in [2.24, 2.45) is 0 Å².